The van der Waals surface area contributed by atoms with Gasteiger partial charge in [-0.3, -0.25) is 14.9 Å². The Hall–Kier alpha value is -3.48. The molecule has 0 spiro atoms. The average Bonchev–Trinajstić information content (AvgIpc) is 3.21. The van der Waals surface area contributed by atoms with Crippen LogP contribution in [-0.2, 0) is 10.0 Å². The van der Waals surface area contributed by atoms with Gasteiger partial charge >= 0.3 is 0 Å². The van der Waals surface area contributed by atoms with E-state index in [2.05, 4.69) is 15.6 Å². The third-order valence-electron chi connectivity index (χ3n) is 4.01. The van der Waals surface area contributed by atoms with Crippen LogP contribution >= 0.6 is 11.3 Å². The summed E-state index contributed by atoms with van der Waals surface area (Å²) in [4.78, 5) is 28.9. The second-order valence-electron chi connectivity index (χ2n) is 6.12. The zero-order chi connectivity index (χ0) is 22.6. The van der Waals surface area contributed by atoms with Crippen LogP contribution in [-0.4, -0.2) is 39.4 Å². The number of hydrogen-bond acceptors (Lipinski definition) is 8. The molecular weight excluding hydrogens is 444 g/mol. The molecule has 0 atom stereocenters. The first-order valence-corrected chi connectivity index (χ1v) is 11.1. The normalized spacial score (nSPS) is 10.9. The second kappa shape index (κ2) is 9.12. The van der Waals surface area contributed by atoms with Crippen molar-refractivity contribution in [1.29, 1.82) is 0 Å². The minimum Gasteiger partial charge on any atom is -0.497 e. The summed E-state index contributed by atoms with van der Waals surface area (Å²) in [5.74, 6) is -0.0606. The van der Waals surface area contributed by atoms with Gasteiger partial charge in [0.25, 0.3) is 11.8 Å². The van der Waals surface area contributed by atoms with Gasteiger partial charge in [0.2, 0.25) is 10.0 Å². The summed E-state index contributed by atoms with van der Waals surface area (Å²) in [7, 11) is -0.866. The van der Waals surface area contributed by atoms with Crippen LogP contribution < -0.4 is 25.2 Å². The van der Waals surface area contributed by atoms with Crippen molar-refractivity contribution in [2.45, 2.75) is 4.90 Å². The third kappa shape index (κ3) is 5.57. The molecule has 0 aliphatic heterocycles. The number of amides is 2. The van der Waals surface area contributed by atoms with Gasteiger partial charge in [0.05, 0.1) is 19.1 Å². The van der Waals surface area contributed by atoms with Crippen LogP contribution in [0.5, 0.6) is 11.5 Å². The number of aromatic nitrogens is 1. The number of carbonyl (C=O) groups excluding carboxylic acids is 2. The molecule has 4 N–H and O–H groups in total. The highest BCUT2D eigenvalue weighted by molar-refractivity contribution is 7.89. The van der Waals surface area contributed by atoms with E-state index in [1.54, 1.807) is 18.2 Å². The smallest absolute Gasteiger partial charge is 0.275 e. The Labute approximate surface area is 182 Å². The second-order valence-corrected chi connectivity index (χ2v) is 8.54. The van der Waals surface area contributed by atoms with E-state index in [-0.39, 0.29) is 15.7 Å². The largest absolute Gasteiger partial charge is 0.497 e. The van der Waals surface area contributed by atoms with Gasteiger partial charge in [-0.1, -0.05) is 0 Å². The number of benzene rings is 2. The molecule has 0 aliphatic carbocycles. The lowest BCUT2D eigenvalue weighted by Gasteiger charge is -2.08. The molecule has 3 rings (SSSR count). The molecule has 1 heterocycles. The summed E-state index contributed by atoms with van der Waals surface area (Å²) in [6.07, 6.45) is 0. The molecule has 0 radical (unpaired) electrons. The Morgan fingerprint density at radius 2 is 1.58 bits per heavy atom. The highest BCUT2D eigenvalue weighted by Gasteiger charge is 2.15. The van der Waals surface area contributed by atoms with Gasteiger partial charge < -0.3 is 14.8 Å². The van der Waals surface area contributed by atoms with Crippen LogP contribution in [0.3, 0.4) is 0 Å². The molecule has 12 heteroatoms. The Balaban J connectivity index is 1.68. The van der Waals surface area contributed by atoms with Gasteiger partial charge in [0.1, 0.15) is 17.2 Å². The van der Waals surface area contributed by atoms with Gasteiger partial charge in [-0.25, -0.2) is 18.5 Å². The van der Waals surface area contributed by atoms with Crippen molar-refractivity contribution in [3.05, 3.63) is 59.1 Å². The number of primary sulfonamides is 1. The number of nitrogens with one attached hydrogen (secondary N) is 2. The van der Waals surface area contributed by atoms with Gasteiger partial charge in [-0.05, 0) is 36.4 Å². The van der Waals surface area contributed by atoms with Crippen LogP contribution in [0.15, 0.2) is 52.7 Å². The highest BCUT2D eigenvalue weighted by atomic mass is 32.2. The summed E-state index contributed by atoms with van der Waals surface area (Å²) >= 11 is 1.07. The number of hydrogen-bond donors (Lipinski definition) is 3. The van der Waals surface area contributed by atoms with Crippen LogP contribution in [0, 0.1) is 0 Å². The van der Waals surface area contributed by atoms with E-state index >= 15 is 0 Å². The third-order valence-corrected chi connectivity index (χ3v) is 5.70. The number of sulfonamides is 1. The van der Waals surface area contributed by atoms with Crippen molar-refractivity contribution >= 4 is 44.0 Å². The van der Waals surface area contributed by atoms with Gasteiger partial charge in [0, 0.05) is 22.7 Å². The lowest BCUT2D eigenvalue weighted by molar-refractivity contribution is 0.101. The maximum absolute atomic E-state index is 12.5. The zero-order valence-electron chi connectivity index (χ0n) is 16.4. The summed E-state index contributed by atoms with van der Waals surface area (Å²) < 4.78 is 32.9. The molecule has 0 saturated carbocycles. The van der Waals surface area contributed by atoms with E-state index in [0.29, 0.717) is 22.7 Å². The van der Waals surface area contributed by atoms with E-state index < -0.39 is 21.8 Å². The van der Waals surface area contributed by atoms with Crippen LogP contribution in [0.4, 0.5) is 10.8 Å². The van der Waals surface area contributed by atoms with Crippen molar-refractivity contribution < 1.29 is 27.5 Å². The highest BCUT2D eigenvalue weighted by Crippen LogP contribution is 2.24. The fraction of sp³-hybridized carbons (Fsp3) is 0.105. The summed E-state index contributed by atoms with van der Waals surface area (Å²) in [5, 5.41) is 12.0. The van der Waals surface area contributed by atoms with Gasteiger partial charge in [0.15, 0.2) is 5.13 Å². The predicted octanol–water partition coefficient (Wildman–Crippen LogP) is 2.31. The number of carbonyl (C=O) groups is 2. The predicted molar refractivity (Wildman–Crippen MR) is 115 cm³/mol. The lowest BCUT2D eigenvalue weighted by Crippen LogP contribution is -2.15. The number of rotatable bonds is 7. The first-order chi connectivity index (χ1) is 14.7. The number of anilines is 2. The summed E-state index contributed by atoms with van der Waals surface area (Å²) in [6.45, 7) is 0. The molecule has 0 unspecified atom stereocenters. The van der Waals surface area contributed by atoms with E-state index in [4.69, 9.17) is 14.6 Å². The van der Waals surface area contributed by atoms with Gasteiger partial charge in [-0.2, -0.15) is 0 Å². The monoisotopic (exact) mass is 462 g/mol. The fourth-order valence-corrected chi connectivity index (χ4v) is 3.67. The fourth-order valence-electron chi connectivity index (χ4n) is 2.47. The van der Waals surface area contributed by atoms with Crippen molar-refractivity contribution in [3.8, 4) is 11.5 Å². The topological polar surface area (TPSA) is 150 Å². The van der Waals surface area contributed by atoms with E-state index in [1.165, 1.54) is 43.9 Å². The lowest BCUT2D eigenvalue weighted by atomic mass is 10.2. The summed E-state index contributed by atoms with van der Waals surface area (Å²) in [6, 6.07) is 10.1. The molecule has 0 fully saturated rings. The molecule has 0 saturated heterocycles. The first-order valence-electron chi connectivity index (χ1n) is 8.64. The summed E-state index contributed by atoms with van der Waals surface area (Å²) in [5.41, 5.74) is 0.742. The maximum atomic E-state index is 12.5. The van der Waals surface area contributed by atoms with Crippen molar-refractivity contribution in [2.75, 3.05) is 24.9 Å². The molecule has 3 aromatic rings. The molecule has 10 nitrogen and oxygen atoms in total. The van der Waals surface area contributed by atoms with Crippen molar-refractivity contribution in [2.24, 2.45) is 5.14 Å². The van der Waals surface area contributed by atoms with Gasteiger partial charge in [-0.15, -0.1) is 11.3 Å². The molecule has 162 valence electrons. The number of thiazole rings is 1. The Kier molecular flexibility index (Phi) is 6.53. The molecule has 31 heavy (non-hydrogen) atoms. The zero-order valence-corrected chi connectivity index (χ0v) is 18.0. The minimum absolute atomic E-state index is 0.0710. The number of ether oxygens (including phenoxy) is 2. The quantitative estimate of drug-likeness (QED) is 0.487. The van der Waals surface area contributed by atoms with Crippen LogP contribution in [0.2, 0.25) is 0 Å². The van der Waals surface area contributed by atoms with Crippen LogP contribution in [0.25, 0.3) is 0 Å². The maximum Gasteiger partial charge on any atom is 0.275 e. The molecule has 1 aromatic heterocycles. The van der Waals surface area contributed by atoms with E-state index in [0.717, 1.165) is 11.3 Å². The minimum atomic E-state index is -3.82. The Bertz CT molecular complexity index is 1200. The number of methoxy groups -OCH3 is 2. The molecule has 2 aromatic carbocycles. The van der Waals surface area contributed by atoms with E-state index in [1.807, 2.05) is 0 Å². The van der Waals surface area contributed by atoms with E-state index in [9.17, 15) is 18.0 Å². The number of nitrogens with two attached hydrogens (primary N) is 1. The van der Waals surface area contributed by atoms with Crippen molar-refractivity contribution in [1.82, 2.24) is 4.98 Å². The number of nitrogens with zero attached hydrogens (tertiary/aromatic N) is 1. The molecule has 2 amide bonds. The van der Waals surface area contributed by atoms with Crippen molar-refractivity contribution in [3.63, 3.8) is 0 Å². The molecule has 0 bridgehead atoms. The Morgan fingerprint density at radius 1 is 0.968 bits per heavy atom. The average molecular weight is 463 g/mol. The Morgan fingerprint density at radius 3 is 2.13 bits per heavy atom. The van der Waals surface area contributed by atoms with Crippen LogP contribution in [0.1, 0.15) is 20.8 Å². The molecular formula is C19H18N4O6S2. The SMILES string of the molecule is COc1cc(OC)cc(C(=O)Nc2nc(C(=O)Nc3ccc(S(N)(=O)=O)cc3)cs2)c1. The first kappa shape index (κ1) is 22.2. The molecule has 0 aliphatic rings. The standard InChI is InChI=1S/C19H18N4O6S2/c1-28-13-7-11(8-14(9-13)29-2)17(24)23-19-22-16(10-30-19)18(25)21-12-3-5-15(6-4-12)31(20,26)27/h3-10H,1-2H3,(H,21,25)(H2,20,26,27)(H,22,23,24).